The molecule has 1 aliphatic heterocycles. The van der Waals surface area contributed by atoms with E-state index in [0.29, 0.717) is 17.0 Å². The zero-order valence-corrected chi connectivity index (χ0v) is 17.9. The molecule has 1 unspecified atom stereocenters. The van der Waals surface area contributed by atoms with Crippen LogP contribution in [0.25, 0.3) is 0 Å². The van der Waals surface area contributed by atoms with E-state index in [-0.39, 0.29) is 24.2 Å². The molecule has 1 amide bonds. The highest BCUT2D eigenvalue weighted by atomic mass is 19.4. The Balaban J connectivity index is 1.77. The van der Waals surface area contributed by atoms with Crippen LogP contribution in [0.5, 0.6) is 11.5 Å². The zero-order valence-electron chi connectivity index (χ0n) is 17.9. The van der Waals surface area contributed by atoms with Gasteiger partial charge in [-0.1, -0.05) is 18.2 Å². The first-order valence-corrected chi connectivity index (χ1v) is 10.3. The van der Waals surface area contributed by atoms with E-state index in [9.17, 15) is 27.5 Å². The SMILES string of the molecule is C[C@H](O)c1ccc(C(=O)NC2(c3ccc(OC(F)(F)F)c(F)c3)CCOc3cccnc32)cc1. The third-order valence-corrected chi connectivity index (χ3v) is 5.54. The number of aromatic nitrogens is 1. The van der Waals surface area contributed by atoms with Crippen LogP contribution < -0.4 is 14.8 Å². The Morgan fingerprint density at radius 3 is 2.59 bits per heavy atom. The first kappa shape index (κ1) is 23.5. The van der Waals surface area contributed by atoms with Crippen molar-refractivity contribution < 1.29 is 36.9 Å². The van der Waals surface area contributed by atoms with Gasteiger partial charge in [0.05, 0.1) is 12.7 Å². The molecule has 0 radical (unpaired) electrons. The van der Waals surface area contributed by atoms with Crippen LogP contribution in [-0.4, -0.2) is 29.0 Å². The maximum Gasteiger partial charge on any atom is 0.573 e. The molecule has 10 heteroatoms. The van der Waals surface area contributed by atoms with Crippen LogP contribution in [0.2, 0.25) is 0 Å². The van der Waals surface area contributed by atoms with Gasteiger partial charge >= 0.3 is 6.36 Å². The number of aliphatic hydroxyl groups excluding tert-OH is 1. The lowest BCUT2D eigenvalue weighted by Crippen LogP contribution is -2.50. The van der Waals surface area contributed by atoms with Gasteiger partial charge in [0.2, 0.25) is 0 Å². The van der Waals surface area contributed by atoms with Crippen LogP contribution in [0.1, 0.15) is 46.6 Å². The average Bonchev–Trinajstić information content (AvgIpc) is 2.79. The molecule has 0 saturated heterocycles. The minimum atomic E-state index is -5.06. The highest BCUT2D eigenvalue weighted by Gasteiger charge is 2.43. The number of hydrogen-bond donors (Lipinski definition) is 2. The first-order chi connectivity index (χ1) is 16.1. The number of nitrogens with one attached hydrogen (secondary N) is 1. The van der Waals surface area contributed by atoms with Crippen LogP contribution in [-0.2, 0) is 5.54 Å². The summed E-state index contributed by atoms with van der Waals surface area (Å²) in [6.07, 6.45) is -4.15. The van der Waals surface area contributed by atoms with Gasteiger partial charge in [-0.3, -0.25) is 9.78 Å². The van der Waals surface area contributed by atoms with Crippen molar-refractivity contribution in [1.82, 2.24) is 10.3 Å². The zero-order chi connectivity index (χ0) is 24.5. The summed E-state index contributed by atoms with van der Waals surface area (Å²) in [7, 11) is 0. The molecule has 2 atom stereocenters. The second-order valence-corrected chi connectivity index (χ2v) is 7.80. The van der Waals surface area contributed by atoms with Crippen LogP contribution >= 0.6 is 0 Å². The number of rotatable bonds is 5. The van der Waals surface area contributed by atoms with E-state index >= 15 is 0 Å². The monoisotopic (exact) mass is 476 g/mol. The van der Waals surface area contributed by atoms with Gasteiger partial charge in [-0.25, -0.2) is 4.39 Å². The molecular weight excluding hydrogens is 456 g/mol. The Kier molecular flexibility index (Phi) is 6.18. The van der Waals surface area contributed by atoms with E-state index in [1.165, 1.54) is 24.4 Å². The number of nitrogens with zero attached hydrogens (tertiary/aromatic N) is 1. The molecule has 0 aliphatic carbocycles. The molecule has 0 spiro atoms. The highest BCUT2D eigenvalue weighted by Crippen LogP contribution is 2.42. The van der Waals surface area contributed by atoms with Crippen molar-refractivity contribution in [1.29, 1.82) is 0 Å². The average molecular weight is 476 g/mol. The van der Waals surface area contributed by atoms with Gasteiger partial charge in [-0.2, -0.15) is 0 Å². The van der Waals surface area contributed by atoms with Gasteiger partial charge in [0.25, 0.3) is 5.91 Å². The summed E-state index contributed by atoms with van der Waals surface area (Å²) in [6.45, 7) is 1.73. The van der Waals surface area contributed by atoms with Crippen molar-refractivity contribution in [3.8, 4) is 11.5 Å². The largest absolute Gasteiger partial charge is 0.573 e. The number of benzene rings is 2. The van der Waals surface area contributed by atoms with Gasteiger partial charge in [-0.05, 0) is 54.4 Å². The van der Waals surface area contributed by atoms with Crippen molar-refractivity contribution in [2.24, 2.45) is 0 Å². The van der Waals surface area contributed by atoms with Gasteiger partial charge in [0.15, 0.2) is 11.6 Å². The number of pyridine rings is 1. The minimum Gasteiger partial charge on any atom is -0.491 e. The Bertz CT molecular complexity index is 1200. The van der Waals surface area contributed by atoms with Crippen LogP contribution in [0.4, 0.5) is 17.6 Å². The van der Waals surface area contributed by atoms with E-state index in [2.05, 4.69) is 15.0 Å². The Hall–Kier alpha value is -3.66. The number of aliphatic hydroxyl groups is 1. The van der Waals surface area contributed by atoms with Crippen molar-refractivity contribution in [2.45, 2.75) is 31.3 Å². The normalized spacial score (nSPS) is 18.4. The maximum atomic E-state index is 14.6. The number of amides is 1. The summed E-state index contributed by atoms with van der Waals surface area (Å²) in [5.41, 5.74) is -0.0281. The molecule has 178 valence electrons. The lowest BCUT2D eigenvalue weighted by atomic mass is 9.81. The summed E-state index contributed by atoms with van der Waals surface area (Å²) >= 11 is 0. The standard InChI is InChI=1S/C24H20F4N2O4/c1-14(31)15-4-6-16(7-5-15)22(32)30-23(10-12-33-20-3-2-11-29-21(20)23)17-8-9-19(18(25)13-17)34-24(26,27)28/h2-9,11,13-14,31H,10,12H2,1H3,(H,30,32)/t14-,23?/m0/s1. The molecule has 34 heavy (non-hydrogen) atoms. The van der Waals surface area contributed by atoms with E-state index in [4.69, 9.17) is 4.74 Å². The van der Waals surface area contributed by atoms with Crippen molar-refractivity contribution in [2.75, 3.05) is 6.61 Å². The third-order valence-electron chi connectivity index (χ3n) is 5.54. The van der Waals surface area contributed by atoms with Gasteiger partial charge in [-0.15, -0.1) is 13.2 Å². The summed E-state index contributed by atoms with van der Waals surface area (Å²) in [5, 5.41) is 12.6. The molecular formula is C24H20F4N2O4. The van der Waals surface area contributed by atoms with Gasteiger partial charge < -0.3 is 19.9 Å². The molecule has 6 nitrogen and oxygen atoms in total. The molecule has 0 saturated carbocycles. The fourth-order valence-electron chi connectivity index (χ4n) is 3.89. The smallest absolute Gasteiger partial charge is 0.491 e. The Labute approximate surface area is 192 Å². The number of halogens is 4. The predicted octanol–water partition coefficient (Wildman–Crippen LogP) is 4.63. The molecule has 1 aromatic heterocycles. The number of carbonyl (C=O) groups is 1. The van der Waals surface area contributed by atoms with E-state index in [1.54, 1.807) is 31.2 Å². The maximum absolute atomic E-state index is 14.6. The Morgan fingerprint density at radius 1 is 1.21 bits per heavy atom. The Morgan fingerprint density at radius 2 is 1.94 bits per heavy atom. The highest BCUT2D eigenvalue weighted by molar-refractivity contribution is 5.95. The molecule has 0 fully saturated rings. The first-order valence-electron chi connectivity index (χ1n) is 10.3. The van der Waals surface area contributed by atoms with Crippen molar-refractivity contribution in [3.63, 3.8) is 0 Å². The number of carbonyl (C=O) groups excluding carboxylic acids is 1. The molecule has 2 aromatic carbocycles. The number of ether oxygens (including phenoxy) is 2. The molecule has 2 heterocycles. The van der Waals surface area contributed by atoms with Crippen LogP contribution in [0.15, 0.2) is 60.8 Å². The van der Waals surface area contributed by atoms with E-state index in [0.717, 1.165) is 12.1 Å². The van der Waals surface area contributed by atoms with Gasteiger partial charge in [0.1, 0.15) is 17.0 Å². The molecule has 4 rings (SSSR count). The second-order valence-electron chi connectivity index (χ2n) is 7.80. The molecule has 2 N–H and O–H groups in total. The predicted molar refractivity (Wildman–Crippen MR) is 113 cm³/mol. The molecule has 3 aromatic rings. The summed E-state index contributed by atoms with van der Waals surface area (Å²) < 4.78 is 61.8. The number of alkyl halides is 3. The third kappa shape index (κ3) is 4.67. The fraction of sp³-hybridized carbons (Fsp3) is 0.250. The van der Waals surface area contributed by atoms with Gasteiger partial charge in [0, 0.05) is 18.2 Å². The molecule has 1 aliphatic rings. The lowest BCUT2D eigenvalue weighted by Gasteiger charge is -2.39. The van der Waals surface area contributed by atoms with Crippen molar-refractivity contribution in [3.05, 3.63) is 89.0 Å². The topological polar surface area (TPSA) is 80.7 Å². The minimum absolute atomic E-state index is 0.141. The number of hydrogen-bond acceptors (Lipinski definition) is 5. The van der Waals surface area contributed by atoms with Crippen molar-refractivity contribution >= 4 is 5.91 Å². The van der Waals surface area contributed by atoms with E-state index < -0.39 is 35.5 Å². The van der Waals surface area contributed by atoms with E-state index in [1.807, 2.05) is 0 Å². The summed E-state index contributed by atoms with van der Waals surface area (Å²) in [6, 6.07) is 12.5. The lowest BCUT2D eigenvalue weighted by molar-refractivity contribution is -0.275. The summed E-state index contributed by atoms with van der Waals surface area (Å²) in [5.74, 6) is -2.39. The van der Waals surface area contributed by atoms with Crippen LogP contribution in [0.3, 0.4) is 0 Å². The van der Waals surface area contributed by atoms with Crippen LogP contribution in [0, 0.1) is 5.82 Å². The summed E-state index contributed by atoms with van der Waals surface area (Å²) in [4.78, 5) is 17.6. The molecule has 0 bridgehead atoms. The fourth-order valence-corrected chi connectivity index (χ4v) is 3.89. The second kappa shape index (κ2) is 8.94. The quantitative estimate of drug-likeness (QED) is 0.525. The number of fused-ring (bicyclic) bond motifs is 1.